The van der Waals surface area contributed by atoms with Crippen LogP contribution < -0.4 is 5.32 Å². The van der Waals surface area contributed by atoms with E-state index in [1.54, 1.807) is 19.1 Å². The molecule has 0 bridgehead atoms. The van der Waals surface area contributed by atoms with Crippen molar-refractivity contribution in [2.45, 2.75) is 23.6 Å². The van der Waals surface area contributed by atoms with Gasteiger partial charge in [-0.3, -0.25) is 14.9 Å². The van der Waals surface area contributed by atoms with E-state index in [1.807, 2.05) is 31.2 Å². The molecule has 0 saturated heterocycles. The van der Waals surface area contributed by atoms with Gasteiger partial charge in [0.2, 0.25) is 0 Å². The number of benzene rings is 2. The van der Waals surface area contributed by atoms with Crippen molar-refractivity contribution in [2.75, 3.05) is 6.54 Å². The maximum Gasteiger partial charge on any atom is 0.284 e. The summed E-state index contributed by atoms with van der Waals surface area (Å²) in [4.78, 5) is 24.0. The van der Waals surface area contributed by atoms with Crippen LogP contribution in [-0.2, 0) is 0 Å². The van der Waals surface area contributed by atoms with Crippen LogP contribution in [0.15, 0.2) is 52.3 Å². The molecule has 2 rings (SSSR count). The first-order valence-electron chi connectivity index (χ1n) is 6.82. The molecule has 22 heavy (non-hydrogen) atoms. The summed E-state index contributed by atoms with van der Waals surface area (Å²) in [5, 5.41) is 13.9. The molecular formula is C16H16N2O3S. The van der Waals surface area contributed by atoms with E-state index in [0.717, 1.165) is 10.5 Å². The van der Waals surface area contributed by atoms with Crippen molar-refractivity contribution >= 4 is 23.4 Å². The second kappa shape index (κ2) is 7.09. The molecule has 0 spiro atoms. The Morgan fingerprint density at radius 3 is 2.50 bits per heavy atom. The summed E-state index contributed by atoms with van der Waals surface area (Å²) < 4.78 is 0. The fourth-order valence-electron chi connectivity index (χ4n) is 1.88. The molecule has 2 aromatic rings. The van der Waals surface area contributed by atoms with Crippen LogP contribution in [0, 0.1) is 17.0 Å². The minimum Gasteiger partial charge on any atom is -0.352 e. The first-order valence-corrected chi connectivity index (χ1v) is 7.64. The average molecular weight is 316 g/mol. The van der Waals surface area contributed by atoms with Gasteiger partial charge in [0.25, 0.3) is 11.6 Å². The SMILES string of the molecule is CCNC(=O)c1ccc(Sc2ccc(C)cc2)c([N+](=O)[O-])c1. The van der Waals surface area contributed by atoms with Gasteiger partial charge >= 0.3 is 0 Å². The summed E-state index contributed by atoms with van der Waals surface area (Å²) in [6.07, 6.45) is 0. The van der Waals surface area contributed by atoms with Crippen LogP contribution in [0.2, 0.25) is 0 Å². The van der Waals surface area contributed by atoms with E-state index >= 15 is 0 Å². The quantitative estimate of drug-likeness (QED) is 0.672. The van der Waals surface area contributed by atoms with Gasteiger partial charge in [-0.1, -0.05) is 29.5 Å². The lowest BCUT2D eigenvalue weighted by Crippen LogP contribution is -2.22. The molecule has 0 atom stereocenters. The zero-order valence-electron chi connectivity index (χ0n) is 12.3. The second-order valence-corrected chi connectivity index (χ2v) is 5.83. The van der Waals surface area contributed by atoms with Crippen molar-refractivity contribution in [1.82, 2.24) is 5.32 Å². The molecule has 5 nitrogen and oxygen atoms in total. The molecule has 0 radical (unpaired) electrons. The van der Waals surface area contributed by atoms with E-state index < -0.39 is 4.92 Å². The number of carbonyl (C=O) groups excluding carboxylic acids is 1. The average Bonchev–Trinajstić information content (AvgIpc) is 2.50. The van der Waals surface area contributed by atoms with E-state index in [9.17, 15) is 14.9 Å². The monoisotopic (exact) mass is 316 g/mol. The van der Waals surface area contributed by atoms with Gasteiger partial charge < -0.3 is 5.32 Å². The smallest absolute Gasteiger partial charge is 0.284 e. The summed E-state index contributed by atoms with van der Waals surface area (Å²) in [6.45, 7) is 4.26. The van der Waals surface area contributed by atoms with Gasteiger partial charge in [-0.15, -0.1) is 0 Å². The Balaban J connectivity index is 2.33. The second-order valence-electron chi connectivity index (χ2n) is 4.71. The highest BCUT2D eigenvalue weighted by atomic mass is 32.2. The molecule has 2 aromatic carbocycles. The molecule has 114 valence electrons. The summed E-state index contributed by atoms with van der Waals surface area (Å²) in [6, 6.07) is 12.3. The van der Waals surface area contributed by atoms with Crippen molar-refractivity contribution in [3.8, 4) is 0 Å². The van der Waals surface area contributed by atoms with Crippen molar-refractivity contribution in [2.24, 2.45) is 0 Å². The van der Waals surface area contributed by atoms with E-state index in [1.165, 1.54) is 17.8 Å². The van der Waals surface area contributed by atoms with E-state index in [0.29, 0.717) is 17.0 Å². The lowest BCUT2D eigenvalue weighted by molar-refractivity contribution is -0.387. The number of nitrogens with one attached hydrogen (secondary N) is 1. The highest BCUT2D eigenvalue weighted by molar-refractivity contribution is 7.99. The molecule has 0 saturated carbocycles. The van der Waals surface area contributed by atoms with Crippen LogP contribution in [0.1, 0.15) is 22.8 Å². The van der Waals surface area contributed by atoms with Crippen LogP contribution in [-0.4, -0.2) is 17.4 Å². The Morgan fingerprint density at radius 2 is 1.91 bits per heavy atom. The summed E-state index contributed by atoms with van der Waals surface area (Å²) in [5.74, 6) is -0.308. The molecule has 0 aliphatic heterocycles. The largest absolute Gasteiger partial charge is 0.352 e. The lowest BCUT2D eigenvalue weighted by atomic mass is 10.2. The van der Waals surface area contributed by atoms with Crippen molar-refractivity contribution in [3.63, 3.8) is 0 Å². The number of nitrogens with zero attached hydrogens (tertiary/aromatic N) is 1. The van der Waals surface area contributed by atoms with Crippen LogP contribution in [0.25, 0.3) is 0 Å². The minimum absolute atomic E-state index is 0.0608. The molecule has 0 fully saturated rings. The van der Waals surface area contributed by atoms with Crippen molar-refractivity contribution in [3.05, 3.63) is 63.7 Å². The normalized spacial score (nSPS) is 10.3. The molecule has 1 amide bonds. The van der Waals surface area contributed by atoms with Gasteiger partial charge in [0.05, 0.1) is 9.82 Å². The predicted octanol–water partition coefficient (Wildman–Crippen LogP) is 3.80. The van der Waals surface area contributed by atoms with Gasteiger partial charge in [-0.2, -0.15) is 0 Å². The van der Waals surface area contributed by atoms with E-state index in [-0.39, 0.29) is 11.6 Å². The Labute approximate surface area is 132 Å². The summed E-state index contributed by atoms with van der Waals surface area (Å²) in [7, 11) is 0. The number of rotatable bonds is 5. The number of hydrogen-bond donors (Lipinski definition) is 1. The van der Waals surface area contributed by atoms with Crippen LogP contribution >= 0.6 is 11.8 Å². The molecule has 6 heteroatoms. The van der Waals surface area contributed by atoms with Gasteiger partial charge in [-0.25, -0.2) is 0 Å². The minimum atomic E-state index is -0.459. The maximum absolute atomic E-state index is 11.8. The predicted molar refractivity (Wildman–Crippen MR) is 86.4 cm³/mol. The van der Waals surface area contributed by atoms with Crippen molar-refractivity contribution in [1.29, 1.82) is 0 Å². The van der Waals surface area contributed by atoms with Gasteiger partial charge in [0.1, 0.15) is 0 Å². The highest BCUT2D eigenvalue weighted by Crippen LogP contribution is 2.35. The molecule has 0 unspecified atom stereocenters. The number of amides is 1. The van der Waals surface area contributed by atoms with Crippen LogP contribution in [0.5, 0.6) is 0 Å². The summed E-state index contributed by atoms with van der Waals surface area (Å²) >= 11 is 1.31. The number of nitro groups is 1. The van der Waals surface area contributed by atoms with E-state index in [2.05, 4.69) is 5.32 Å². The van der Waals surface area contributed by atoms with Gasteiger partial charge in [-0.05, 0) is 38.1 Å². The van der Waals surface area contributed by atoms with Crippen LogP contribution in [0.3, 0.4) is 0 Å². The van der Waals surface area contributed by atoms with Crippen molar-refractivity contribution < 1.29 is 9.72 Å². The fourth-order valence-corrected chi connectivity index (χ4v) is 2.78. The third-order valence-corrected chi connectivity index (χ3v) is 4.08. The number of carbonyl (C=O) groups is 1. The number of hydrogen-bond acceptors (Lipinski definition) is 4. The molecule has 0 aliphatic rings. The Hall–Kier alpha value is -2.34. The summed E-state index contributed by atoms with van der Waals surface area (Å²) in [5.41, 5.74) is 1.36. The zero-order chi connectivity index (χ0) is 16.1. The third-order valence-electron chi connectivity index (χ3n) is 3.00. The Morgan fingerprint density at radius 1 is 1.23 bits per heavy atom. The zero-order valence-corrected chi connectivity index (χ0v) is 13.1. The molecule has 0 heterocycles. The van der Waals surface area contributed by atoms with E-state index in [4.69, 9.17) is 0 Å². The van der Waals surface area contributed by atoms with Crippen LogP contribution in [0.4, 0.5) is 5.69 Å². The Kier molecular flexibility index (Phi) is 5.16. The Bertz CT molecular complexity index is 699. The molecule has 1 N–H and O–H groups in total. The standard InChI is InChI=1S/C16H16N2O3S/c1-3-17-16(19)12-6-9-15(14(10-12)18(20)21)22-13-7-4-11(2)5-8-13/h4-10H,3H2,1-2H3,(H,17,19). The topological polar surface area (TPSA) is 72.2 Å². The molecular weight excluding hydrogens is 300 g/mol. The number of aryl methyl sites for hydroxylation is 1. The fraction of sp³-hybridized carbons (Fsp3) is 0.188. The lowest BCUT2D eigenvalue weighted by Gasteiger charge is -2.06. The van der Waals surface area contributed by atoms with Gasteiger partial charge in [0, 0.05) is 23.1 Å². The highest BCUT2D eigenvalue weighted by Gasteiger charge is 2.18. The maximum atomic E-state index is 11.8. The first kappa shape index (κ1) is 16.0. The molecule has 0 aliphatic carbocycles. The third kappa shape index (κ3) is 3.85. The number of nitro benzene ring substituents is 1. The molecule has 0 aromatic heterocycles. The van der Waals surface area contributed by atoms with Gasteiger partial charge in [0.15, 0.2) is 0 Å². The first-order chi connectivity index (χ1) is 10.5.